The molecule has 0 saturated heterocycles. The molecule has 1 aromatic carbocycles. The summed E-state index contributed by atoms with van der Waals surface area (Å²) in [6.07, 6.45) is 5.55. The highest BCUT2D eigenvalue weighted by atomic mass is 19.1. The highest BCUT2D eigenvalue weighted by Crippen LogP contribution is 2.30. The molecule has 0 aromatic heterocycles. The number of rotatable bonds is 3. The van der Waals surface area contributed by atoms with Crippen LogP contribution in [0, 0.1) is 11.7 Å². The molecule has 1 aromatic rings. The molecule has 1 fully saturated rings. The van der Waals surface area contributed by atoms with E-state index in [9.17, 15) is 9.18 Å². The van der Waals surface area contributed by atoms with Gasteiger partial charge in [-0.05, 0) is 37.0 Å². The van der Waals surface area contributed by atoms with Gasteiger partial charge in [0.05, 0.1) is 0 Å². The molecule has 0 radical (unpaired) electrons. The van der Waals surface area contributed by atoms with Gasteiger partial charge in [0.15, 0.2) is 6.29 Å². The number of nitrogens with zero attached hydrogens (tertiary/aromatic N) is 1. The maximum atomic E-state index is 13.1. The number of benzene rings is 1. The van der Waals surface area contributed by atoms with Crippen molar-refractivity contribution < 1.29 is 9.18 Å². The zero-order valence-corrected chi connectivity index (χ0v) is 11.0. The Bertz CT molecular complexity index is 433. The van der Waals surface area contributed by atoms with E-state index in [1.54, 1.807) is 6.07 Å². The molecule has 2 atom stereocenters. The summed E-state index contributed by atoms with van der Waals surface area (Å²) in [5, 5.41) is 0. The Morgan fingerprint density at radius 3 is 2.83 bits per heavy atom. The predicted molar refractivity (Wildman–Crippen MR) is 71.6 cm³/mol. The zero-order valence-electron chi connectivity index (χ0n) is 11.0. The molecule has 2 rings (SSSR count). The fourth-order valence-corrected chi connectivity index (χ4v) is 2.89. The maximum absolute atomic E-state index is 13.1. The number of carbonyl (C=O) groups excluding carboxylic acids is 1. The fourth-order valence-electron chi connectivity index (χ4n) is 2.89. The minimum Gasteiger partial charge on any atom is -0.371 e. The maximum Gasteiger partial charge on any atom is 0.152 e. The van der Waals surface area contributed by atoms with Gasteiger partial charge in [-0.3, -0.25) is 4.79 Å². The van der Waals surface area contributed by atoms with Crippen LogP contribution >= 0.6 is 0 Å². The van der Waals surface area contributed by atoms with Crippen LogP contribution in [0.3, 0.4) is 0 Å². The molecule has 98 valence electrons. The Hall–Kier alpha value is -1.38. The standard InChI is InChI=1S/C15H20FNO/c1-11-4-3-5-14(8-11)17(2)15-7-6-13(16)9-12(15)10-18/h6-7,9-11,14H,3-5,8H2,1-2H3. The predicted octanol–water partition coefficient (Wildman–Crippen LogP) is 3.65. The average molecular weight is 249 g/mol. The van der Waals surface area contributed by atoms with Gasteiger partial charge in [-0.25, -0.2) is 4.39 Å². The van der Waals surface area contributed by atoms with Crippen molar-refractivity contribution in [2.24, 2.45) is 5.92 Å². The van der Waals surface area contributed by atoms with Crippen LogP contribution in [0.15, 0.2) is 18.2 Å². The Morgan fingerprint density at radius 2 is 2.17 bits per heavy atom. The van der Waals surface area contributed by atoms with E-state index in [2.05, 4.69) is 11.8 Å². The van der Waals surface area contributed by atoms with Crippen LogP contribution in [0.1, 0.15) is 43.0 Å². The average Bonchev–Trinajstić information content (AvgIpc) is 2.37. The summed E-state index contributed by atoms with van der Waals surface area (Å²) in [4.78, 5) is 13.2. The van der Waals surface area contributed by atoms with E-state index in [-0.39, 0.29) is 5.82 Å². The Kier molecular flexibility index (Phi) is 4.00. The summed E-state index contributed by atoms with van der Waals surface area (Å²) in [6, 6.07) is 4.90. The van der Waals surface area contributed by atoms with Crippen LogP contribution in [0.4, 0.5) is 10.1 Å². The van der Waals surface area contributed by atoms with Crippen LogP contribution in [-0.2, 0) is 0 Å². The van der Waals surface area contributed by atoms with Gasteiger partial charge < -0.3 is 4.90 Å². The van der Waals surface area contributed by atoms with Crippen LogP contribution in [0.5, 0.6) is 0 Å². The normalized spacial score (nSPS) is 23.7. The number of hydrogen-bond acceptors (Lipinski definition) is 2. The van der Waals surface area contributed by atoms with E-state index in [0.717, 1.165) is 30.7 Å². The van der Waals surface area contributed by atoms with Gasteiger partial charge in [0.25, 0.3) is 0 Å². The number of carbonyl (C=O) groups is 1. The van der Waals surface area contributed by atoms with Crippen LogP contribution in [-0.4, -0.2) is 19.4 Å². The first-order chi connectivity index (χ1) is 8.61. The van der Waals surface area contributed by atoms with E-state index < -0.39 is 0 Å². The third kappa shape index (κ3) is 2.71. The second-order valence-electron chi connectivity index (χ2n) is 5.36. The molecule has 0 spiro atoms. The van der Waals surface area contributed by atoms with Crippen molar-refractivity contribution in [1.82, 2.24) is 0 Å². The number of anilines is 1. The minimum atomic E-state index is -0.355. The van der Waals surface area contributed by atoms with Gasteiger partial charge in [0.1, 0.15) is 5.82 Å². The first-order valence-corrected chi connectivity index (χ1v) is 6.59. The first kappa shape index (κ1) is 13.1. The Morgan fingerprint density at radius 1 is 1.39 bits per heavy atom. The summed E-state index contributed by atoms with van der Waals surface area (Å²) in [6.45, 7) is 2.27. The summed E-state index contributed by atoms with van der Waals surface area (Å²) in [5.41, 5.74) is 1.28. The Labute approximate surface area is 108 Å². The smallest absolute Gasteiger partial charge is 0.152 e. The van der Waals surface area contributed by atoms with E-state index in [0.29, 0.717) is 11.6 Å². The minimum absolute atomic E-state index is 0.355. The topological polar surface area (TPSA) is 20.3 Å². The van der Waals surface area contributed by atoms with Gasteiger partial charge in [-0.15, -0.1) is 0 Å². The molecule has 2 unspecified atom stereocenters. The first-order valence-electron chi connectivity index (χ1n) is 6.59. The SMILES string of the molecule is CC1CCCC(N(C)c2ccc(F)cc2C=O)C1. The highest BCUT2D eigenvalue weighted by molar-refractivity contribution is 5.84. The van der Waals surface area contributed by atoms with Crippen molar-refractivity contribution in [1.29, 1.82) is 0 Å². The van der Waals surface area contributed by atoms with Gasteiger partial charge >= 0.3 is 0 Å². The van der Waals surface area contributed by atoms with Crippen LogP contribution in [0.25, 0.3) is 0 Å². The van der Waals surface area contributed by atoms with E-state index in [1.807, 2.05) is 7.05 Å². The molecule has 0 heterocycles. The zero-order chi connectivity index (χ0) is 13.1. The quantitative estimate of drug-likeness (QED) is 0.762. The van der Waals surface area contributed by atoms with E-state index >= 15 is 0 Å². The summed E-state index contributed by atoms with van der Waals surface area (Å²) in [5.74, 6) is 0.373. The molecular weight excluding hydrogens is 229 g/mol. The van der Waals surface area contributed by atoms with E-state index in [1.165, 1.54) is 25.0 Å². The molecule has 0 N–H and O–H groups in total. The van der Waals surface area contributed by atoms with Crippen LogP contribution < -0.4 is 4.90 Å². The number of halogens is 1. The molecule has 18 heavy (non-hydrogen) atoms. The second kappa shape index (κ2) is 5.51. The molecule has 0 aliphatic heterocycles. The highest BCUT2D eigenvalue weighted by Gasteiger charge is 2.23. The molecule has 0 amide bonds. The van der Waals surface area contributed by atoms with Crippen molar-refractivity contribution in [3.63, 3.8) is 0 Å². The van der Waals surface area contributed by atoms with Crippen molar-refractivity contribution in [2.75, 3.05) is 11.9 Å². The number of aldehydes is 1. The lowest BCUT2D eigenvalue weighted by Crippen LogP contribution is -2.36. The van der Waals surface area contributed by atoms with Gasteiger partial charge in [-0.1, -0.05) is 19.8 Å². The van der Waals surface area contributed by atoms with Crippen LogP contribution in [0.2, 0.25) is 0 Å². The second-order valence-corrected chi connectivity index (χ2v) is 5.36. The summed E-state index contributed by atoms with van der Waals surface area (Å²) >= 11 is 0. The van der Waals surface area contributed by atoms with Crippen molar-refractivity contribution in [2.45, 2.75) is 38.6 Å². The monoisotopic (exact) mass is 249 g/mol. The largest absolute Gasteiger partial charge is 0.371 e. The molecular formula is C15H20FNO. The molecule has 1 aliphatic rings. The summed E-state index contributed by atoms with van der Waals surface area (Å²) in [7, 11) is 2.00. The van der Waals surface area contributed by atoms with E-state index in [4.69, 9.17) is 0 Å². The molecule has 0 bridgehead atoms. The summed E-state index contributed by atoms with van der Waals surface area (Å²) < 4.78 is 13.1. The Balaban J connectivity index is 2.22. The lowest BCUT2D eigenvalue weighted by molar-refractivity contribution is 0.112. The van der Waals surface area contributed by atoms with Crippen molar-refractivity contribution >= 4 is 12.0 Å². The van der Waals surface area contributed by atoms with Gasteiger partial charge in [0, 0.05) is 24.3 Å². The third-order valence-electron chi connectivity index (χ3n) is 3.95. The molecule has 1 saturated carbocycles. The lowest BCUT2D eigenvalue weighted by Gasteiger charge is -2.36. The lowest BCUT2D eigenvalue weighted by atomic mass is 9.86. The van der Waals surface area contributed by atoms with Gasteiger partial charge in [0.2, 0.25) is 0 Å². The van der Waals surface area contributed by atoms with Gasteiger partial charge in [-0.2, -0.15) is 0 Å². The molecule has 1 aliphatic carbocycles. The third-order valence-corrected chi connectivity index (χ3v) is 3.95. The molecule has 2 nitrogen and oxygen atoms in total. The number of hydrogen-bond donors (Lipinski definition) is 0. The van der Waals surface area contributed by atoms with Crippen molar-refractivity contribution in [3.05, 3.63) is 29.6 Å². The molecule has 3 heteroatoms. The fraction of sp³-hybridized carbons (Fsp3) is 0.533. The van der Waals surface area contributed by atoms with Crippen molar-refractivity contribution in [3.8, 4) is 0 Å².